The average molecular weight is 414 g/mol. The molecule has 0 atom stereocenters. The summed E-state index contributed by atoms with van der Waals surface area (Å²) in [7, 11) is 1.68. The van der Waals surface area contributed by atoms with E-state index >= 15 is 0 Å². The smallest absolute Gasteiger partial charge is 0.258 e. The fraction of sp³-hybridized carbons (Fsp3) is 0.167. The SMILES string of the molecule is COCc1cc(-c2nc(-c3ccc(NC(C)=O)nc3)no2)ccc1-c1ccccc1C. The maximum atomic E-state index is 11.1. The lowest BCUT2D eigenvalue weighted by molar-refractivity contribution is -0.114. The van der Waals surface area contributed by atoms with Crippen molar-refractivity contribution in [2.24, 2.45) is 0 Å². The van der Waals surface area contributed by atoms with Crippen LogP contribution in [0.2, 0.25) is 0 Å². The molecule has 2 aromatic heterocycles. The van der Waals surface area contributed by atoms with Gasteiger partial charge in [0.2, 0.25) is 11.7 Å². The van der Waals surface area contributed by atoms with E-state index < -0.39 is 0 Å². The third-order valence-corrected chi connectivity index (χ3v) is 4.84. The zero-order valence-corrected chi connectivity index (χ0v) is 17.5. The van der Waals surface area contributed by atoms with Gasteiger partial charge in [-0.05, 0) is 53.4 Å². The number of hydrogen-bond donors (Lipinski definition) is 1. The van der Waals surface area contributed by atoms with Gasteiger partial charge in [-0.3, -0.25) is 4.79 Å². The van der Waals surface area contributed by atoms with Crippen LogP contribution in [-0.2, 0) is 16.1 Å². The Morgan fingerprint density at radius 3 is 2.58 bits per heavy atom. The number of aryl methyl sites for hydroxylation is 1. The third kappa shape index (κ3) is 4.51. The highest BCUT2D eigenvalue weighted by Crippen LogP contribution is 2.31. The molecule has 0 radical (unpaired) electrons. The molecule has 0 aliphatic carbocycles. The fourth-order valence-corrected chi connectivity index (χ4v) is 3.38. The summed E-state index contributed by atoms with van der Waals surface area (Å²) in [5, 5.41) is 6.71. The highest BCUT2D eigenvalue weighted by atomic mass is 16.5. The van der Waals surface area contributed by atoms with E-state index in [2.05, 4.69) is 45.6 Å². The summed E-state index contributed by atoms with van der Waals surface area (Å²) in [6.45, 7) is 3.99. The van der Waals surface area contributed by atoms with Crippen molar-refractivity contribution in [3.05, 3.63) is 71.9 Å². The summed E-state index contributed by atoms with van der Waals surface area (Å²) in [6, 6.07) is 17.8. The molecule has 1 N–H and O–H groups in total. The molecular weight excluding hydrogens is 392 g/mol. The molecule has 2 aromatic carbocycles. The largest absolute Gasteiger partial charge is 0.380 e. The standard InChI is InChI=1S/C24H22N4O3/c1-15-6-4-5-7-20(15)21-10-8-17(12-19(21)14-30-3)24-27-23(28-31-24)18-9-11-22(25-13-18)26-16(2)29/h4-13H,14H2,1-3H3,(H,25,26,29). The van der Waals surface area contributed by atoms with E-state index in [4.69, 9.17) is 9.26 Å². The highest BCUT2D eigenvalue weighted by molar-refractivity contribution is 5.87. The second-order valence-corrected chi connectivity index (χ2v) is 7.16. The van der Waals surface area contributed by atoms with Gasteiger partial charge in [0.1, 0.15) is 5.82 Å². The molecule has 7 heteroatoms. The first-order valence-electron chi connectivity index (χ1n) is 9.81. The number of amides is 1. The number of rotatable bonds is 6. The van der Waals surface area contributed by atoms with Gasteiger partial charge in [0.15, 0.2) is 0 Å². The molecule has 0 saturated heterocycles. The number of carbonyl (C=O) groups excluding carboxylic acids is 1. The Morgan fingerprint density at radius 2 is 1.87 bits per heavy atom. The number of hydrogen-bond acceptors (Lipinski definition) is 6. The molecule has 0 bridgehead atoms. The molecule has 156 valence electrons. The molecule has 7 nitrogen and oxygen atoms in total. The van der Waals surface area contributed by atoms with E-state index in [0.717, 1.165) is 22.3 Å². The van der Waals surface area contributed by atoms with Crippen molar-refractivity contribution >= 4 is 11.7 Å². The van der Waals surface area contributed by atoms with Crippen LogP contribution in [0.1, 0.15) is 18.1 Å². The minimum absolute atomic E-state index is 0.178. The monoisotopic (exact) mass is 414 g/mol. The Morgan fingerprint density at radius 1 is 1.06 bits per heavy atom. The molecule has 2 heterocycles. The van der Waals surface area contributed by atoms with E-state index in [1.54, 1.807) is 25.4 Å². The van der Waals surface area contributed by atoms with Crippen molar-refractivity contribution in [2.75, 3.05) is 12.4 Å². The Bertz CT molecular complexity index is 1220. The first-order chi connectivity index (χ1) is 15.0. The summed E-state index contributed by atoms with van der Waals surface area (Å²) < 4.78 is 10.9. The highest BCUT2D eigenvalue weighted by Gasteiger charge is 2.15. The Labute approximate surface area is 180 Å². The van der Waals surface area contributed by atoms with E-state index in [-0.39, 0.29) is 5.91 Å². The number of anilines is 1. The first kappa shape index (κ1) is 20.4. The van der Waals surface area contributed by atoms with Crippen LogP contribution in [-0.4, -0.2) is 28.1 Å². The van der Waals surface area contributed by atoms with Gasteiger partial charge in [-0.15, -0.1) is 0 Å². The van der Waals surface area contributed by atoms with Gasteiger partial charge in [0.05, 0.1) is 6.61 Å². The molecule has 4 aromatic rings. The average Bonchev–Trinajstić information content (AvgIpc) is 3.25. The molecule has 0 fully saturated rings. The summed E-state index contributed by atoms with van der Waals surface area (Å²) in [5.41, 5.74) is 6.01. The van der Waals surface area contributed by atoms with Crippen molar-refractivity contribution < 1.29 is 14.1 Å². The predicted octanol–water partition coefficient (Wildman–Crippen LogP) is 4.88. The second kappa shape index (κ2) is 8.89. The molecule has 0 unspecified atom stereocenters. The topological polar surface area (TPSA) is 90.1 Å². The number of methoxy groups -OCH3 is 1. The lowest BCUT2D eigenvalue weighted by Crippen LogP contribution is -2.06. The normalized spacial score (nSPS) is 10.8. The molecule has 0 aliphatic heterocycles. The maximum absolute atomic E-state index is 11.1. The summed E-state index contributed by atoms with van der Waals surface area (Å²) in [5.74, 6) is 1.13. The molecule has 0 aliphatic rings. The number of nitrogens with zero attached hydrogens (tertiary/aromatic N) is 3. The van der Waals surface area contributed by atoms with Crippen LogP contribution >= 0.6 is 0 Å². The van der Waals surface area contributed by atoms with E-state index in [1.807, 2.05) is 24.3 Å². The van der Waals surface area contributed by atoms with Gasteiger partial charge in [-0.1, -0.05) is 35.5 Å². The van der Waals surface area contributed by atoms with Gasteiger partial charge >= 0.3 is 0 Å². The fourth-order valence-electron chi connectivity index (χ4n) is 3.38. The van der Waals surface area contributed by atoms with E-state index in [1.165, 1.54) is 12.5 Å². The van der Waals surface area contributed by atoms with Crippen molar-refractivity contribution in [1.82, 2.24) is 15.1 Å². The number of benzene rings is 2. The number of ether oxygens (including phenoxy) is 1. The van der Waals surface area contributed by atoms with E-state index in [0.29, 0.717) is 29.7 Å². The molecule has 1 amide bonds. The molecule has 0 spiro atoms. The second-order valence-electron chi connectivity index (χ2n) is 7.16. The van der Waals surface area contributed by atoms with Crippen molar-refractivity contribution in [1.29, 1.82) is 0 Å². The zero-order valence-electron chi connectivity index (χ0n) is 17.5. The maximum Gasteiger partial charge on any atom is 0.258 e. The molecule has 4 rings (SSSR count). The van der Waals surface area contributed by atoms with Crippen molar-refractivity contribution in [3.8, 4) is 34.0 Å². The summed E-state index contributed by atoms with van der Waals surface area (Å²) >= 11 is 0. The van der Waals surface area contributed by atoms with Crippen LogP contribution in [0.5, 0.6) is 0 Å². The minimum Gasteiger partial charge on any atom is -0.380 e. The van der Waals surface area contributed by atoms with Gasteiger partial charge < -0.3 is 14.6 Å². The van der Waals surface area contributed by atoms with Gasteiger partial charge in [0.25, 0.3) is 5.89 Å². The number of nitrogens with one attached hydrogen (secondary N) is 1. The lowest BCUT2D eigenvalue weighted by atomic mass is 9.94. The van der Waals surface area contributed by atoms with Gasteiger partial charge in [-0.25, -0.2) is 4.98 Å². The number of aromatic nitrogens is 3. The van der Waals surface area contributed by atoms with Crippen LogP contribution in [0.3, 0.4) is 0 Å². The lowest BCUT2D eigenvalue weighted by Gasteiger charge is -2.12. The number of carbonyl (C=O) groups is 1. The predicted molar refractivity (Wildman–Crippen MR) is 118 cm³/mol. The van der Waals surface area contributed by atoms with Crippen molar-refractivity contribution in [2.45, 2.75) is 20.5 Å². The molecule has 31 heavy (non-hydrogen) atoms. The Kier molecular flexibility index (Phi) is 5.86. The first-order valence-corrected chi connectivity index (χ1v) is 9.81. The van der Waals surface area contributed by atoms with Crippen LogP contribution < -0.4 is 5.32 Å². The molecule has 0 saturated carbocycles. The van der Waals surface area contributed by atoms with Gasteiger partial charge in [0, 0.05) is 31.4 Å². The third-order valence-electron chi connectivity index (χ3n) is 4.84. The quantitative estimate of drug-likeness (QED) is 0.484. The van der Waals surface area contributed by atoms with Crippen LogP contribution in [0.4, 0.5) is 5.82 Å². The van der Waals surface area contributed by atoms with Crippen molar-refractivity contribution in [3.63, 3.8) is 0 Å². The molecular formula is C24H22N4O3. The zero-order chi connectivity index (χ0) is 21.8. The van der Waals surface area contributed by atoms with Crippen LogP contribution in [0.15, 0.2) is 65.3 Å². The van der Waals surface area contributed by atoms with Gasteiger partial charge in [-0.2, -0.15) is 4.98 Å². The van der Waals surface area contributed by atoms with E-state index in [9.17, 15) is 4.79 Å². The minimum atomic E-state index is -0.178. The summed E-state index contributed by atoms with van der Waals surface area (Å²) in [4.78, 5) is 19.9. The Hall–Kier alpha value is -3.84. The summed E-state index contributed by atoms with van der Waals surface area (Å²) in [6.07, 6.45) is 1.59. The number of pyridine rings is 1. The van der Waals surface area contributed by atoms with Crippen LogP contribution in [0, 0.1) is 6.92 Å². The Balaban J connectivity index is 1.65. The van der Waals surface area contributed by atoms with Crippen LogP contribution in [0.25, 0.3) is 34.0 Å².